The van der Waals surface area contributed by atoms with Crippen LogP contribution < -0.4 is 10.0 Å². The minimum atomic E-state index is -3.79. The molecule has 0 radical (unpaired) electrons. The van der Waals surface area contributed by atoms with Gasteiger partial charge < -0.3 is 10.1 Å². The zero-order chi connectivity index (χ0) is 22.8. The summed E-state index contributed by atoms with van der Waals surface area (Å²) in [5.41, 5.74) is 1.84. The normalized spacial score (nSPS) is 15.9. The van der Waals surface area contributed by atoms with Gasteiger partial charge in [0.15, 0.2) is 0 Å². The lowest BCUT2D eigenvalue weighted by molar-refractivity contribution is -0.117. The van der Waals surface area contributed by atoms with Crippen LogP contribution in [0.5, 0.6) is 0 Å². The third-order valence-electron chi connectivity index (χ3n) is 5.32. The summed E-state index contributed by atoms with van der Waals surface area (Å²) in [6, 6.07) is 15.0. The maximum atomic E-state index is 12.9. The highest BCUT2D eigenvalue weighted by atomic mass is 32.2. The van der Waals surface area contributed by atoms with Crippen LogP contribution in [0.15, 0.2) is 59.5 Å². The van der Waals surface area contributed by atoms with Crippen molar-refractivity contribution in [3.05, 3.63) is 60.2 Å². The first-order chi connectivity index (χ1) is 15.5. The van der Waals surface area contributed by atoms with Gasteiger partial charge in [0.05, 0.1) is 18.1 Å². The monoisotopic (exact) mass is 477 g/mol. The molecule has 1 atom stereocenters. The van der Waals surface area contributed by atoms with Crippen LogP contribution in [-0.4, -0.2) is 70.1 Å². The Balaban J connectivity index is 1.59. The second-order valence-electron chi connectivity index (χ2n) is 7.66. The van der Waals surface area contributed by atoms with Crippen LogP contribution in [0.25, 0.3) is 0 Å². The predicted octanol–water partition coefficient (Wildman–Crippen LogP) is 2.60. The van der Waals surface area contributed by atoms with Gasteiger partial charge in [0, 0.05) is 25.3 Å². The van der Waals surface area contributed by atoms with Gasteiger partial charge in [-0.2, -0.15) is 16.5 Å². The first kappa shape index (κ1) is 24.7. The van der Waals surface area contributed by atoms with Gasteiger partial charge in [-0.25, -0.2) is 8.42 Å². The summed E-state index contributed by atoms with van der Waals surface area (Å²) in [7, 11) is -3.79. The molecule has 3 rings (SSSR count). The summed E-state index contributed by atoms with van der Waals surface area (Å²) >= 11 is 1.57. The molecule has 0 saturated carbocycles. The number of benzene rings is 2. The summed E-state index contributed by atoms with van der Waals surface area (Å²) in [5, 5.41) is 2.86. The van der Waals surface area contributed by atoms with E-state index in [2.05, 4.69) is 14.9 Å². The molecule has 1 amide bonds. The van der Waals surface area contributed by atoms with E-state index in [0.29, 0.717) is 17.9 Å². The molecule has 32 heavy (non-hydrogen) atoms. The van der Waals surface area contributed by atoms with Crippen molar-refractivity contribution >= 4 is 33.4 Å². The number of sulfonamides is 1. The highest BCUT2D eigenvalue weighted by Crippen LogP contribution is 2.14. The topological polar surface area (TPSA) is 87.7 Å². The van der Waals surface area contributed by atoms with Crippen molar-refractivity contribution in [1.29, 1.82) is 0 Å². The number of thioether (sulfide) groups is 1. The third kappa shape index (κ3) is 7.60. The second kappa shape index (κ2) is 12.4. The van der Waals surface area contributed by atoms with Crippen LogP contribution >= 0.6 is 11.8 Å². The van der Waals surface area contributed by atoms with Gasteiger partial charge in [-0.15, -0.1) is 0 Å². The number of carbonyl (C=O) groups excluding carboxylic acids is 1. The molecular weight excluding hydrogens is 446 g/mol. The van der Waals surface area contributed by atoms with Crippen molar-refractivity contribution in [2.45, 2.75) is 23.8 Å². The number of carbonyl (C=O) groups is 1. The van der Waals surface area contributed by atoms with Crippen molar-refractivity contribution in [2.75, 3.05) is 50.2 Å². The molecule has 1 aliphatic heterocycles. The second-order valence-corrected chi connectivity index (χ2v) is 10.4. The molecule has 2 aromatic rings. The SMILES string of the molecule is CSCCC(NS(=O)(=O)c1ccccc1)C(=O)Nc1ccc(CCN2CCOCC2)cc1. The zero-order valence-electron chi connectivity index (χ0n) is 18.3. The van der Waals surface area contributed by atoms with E-state index in [9.17, 15) is 13.2 Å². The molecule has 1 aliphatic rings. The van der Waals surface area contributed by atoms with Crippen LogP contribution in [0.4, 0.5) is 5.69 Å². The van der Waals surface area contributed by atoms with Gasteiger partial charge in [0.1, 0.15) is 6.04 Å². The molecule has 7 nitrogen and oxygen atoms in total. The number of nitrogens with zero attached hydrogens (tertiary/aromatic N) is 1. The van der Waals surface area contributed by atoms with Crippen molar-refractivity contribution in [2.24, 2.45) is 0 Å². The molecule has 1 heterocycles. The first-order valence-electron chi connectivity index (χ1n) is 10.7. The van der Waals surface area contributed by atoms with Crippen LogP contribution in [0.2, 0.25) is 0 Å². The van der Waals surface area contributed by atoms with Crippen molar-refractivity contribution in [3.8, 4) is 0 Å². The molecule has 0 spiro atoms. The van der Waals surface area contributed by atoms with E-state index < -0.39 is 16.1 Å². The Morgan fingerprint density at radius 2 is 1.78 bits per heavy atom. The van der Waals surface area contributed by atoms with E-state index in [1.165, 1.54) is 17.7 Å². The summed E-state index contributed by atoms with van der Waals surface area (Å²) in [4.78, 5) is 15.4. The Labute approximate surface area is 195 Å². The lowest BCUT2D eigenvalue weighted by Gasteiger charge is -2.26. The fourth-order valence-electron chi connectivity index (χ4n) is 3.43. The molecule has 0 aliphatic carbocycles. The number of hydrogen-bond acceptors (Lipinski definition) is 6. The fourth-order valence-corrected chi connectivity index (χ4v) is 5.15. The van der Waals surface area contributed by atoms with Crippen LogP contribution in [0.1, 0.15) is 12.0 Å². The first-order valence-corrected chi connectivity index (χ1v) is 13.6. The molecule has 2 N–H and O–H groups in total. The van der Waals surface area contributed by atoms with Gasteiger partial charge >= 0.3 is 0 Å². The van der Waals surface area contributed by atoms with Gasteiger partial charge in [0.25, 0.3) is 0 Å². The molecule has 9 heteroatoms. The Morgan fingerprint density at radius 1 is 1.09 bits per heavy atom. The summed E-state index contributed by atoms with van der Waals surface area (Å²) < 4.78 is 33.3. The summed E-state index contributed by atoms with van der Waals surface area (Å²) in [6.45, 7) is 4.48. The number of rotatable bonds is 11. The molecule has 1 saturated heterocycles. The van der Waals surface area contributed by atoms with Crippen LogP contribution in [0.3, 0.4) is 0 Å². The van der Waals surface area contributed by atoms with Gasteiger partial charge in [0.2, 0.25) is 15.9 Å². The Hall–Kier alpha value is -1.91. The van der Waals surface area contributed by atoms with Crippen molar-refractivity contribution in [1.82, 2.24) is 9.62 Å². The Morgan fingerprint density at radius 3 is 2.44 bits per heavy atom. The van der Waals surface area contributed by atoms with Gasteiger partial charge in [-0.05, 0) is 54.7 Å². The molecule has 174 valence electrons. The molecule has 1 fully saturated rings. The largest absolute Gasteiger partial charge is 0.379 e. The van der Waals surface area contributed by atoms with E-state index in [1.54, 1.807) is 30.0 Å². The fraction of sp³-hybridized carbons (Fsp3) is 0.435. The lowest BCUT2D eigenvalue weighted by Crippen LogP contribution is -2.44. The predicted molar refractivity (Wildman–Crippen MR) is 130 cm³/mol. The van der Waals surface area contributed by atoms with E-state index >= 15 is 0 Å². The number of ether oxygens (including phenoxy) is 1. The number of amides is 1. The smallest absolute Gasteiger partial charge is 0.242 e. The highest BCUT2D eigenvalue weighted by Gasteiger charge is 2.25. The molecule has 0 bridgehead atoms. The molecule has 2 aromatic carbocycles. The van der Waals surface area contributed by atoms with E-state index in [1.807, 2.05) is 30.5 Å². The van der Waals surface area contributed by atoms with E-state index in [0.717, 1.165) is 39.3 Å². The van der Waals surface area contributed by atoms with Crippen LogP contribution in [0, 0.1) is 0 Å². The maximum Gasteiger partial charge on any atom is 0.242 e. The van der Waals surface area contributed by atoms with Gasteiger partial charge in [-0.3, -0.25) is 9.69 Å². The minimum Gasteiger partial charge on any atom is -0.379 e. The maximum absolute atomic E-state index is 12.9. The molecular formula is C23H31N3O4S2. The number of hydrogen-bond donors (Lipinski definition) is 2. The Kier molecular flexibility index (Phi) is 9.55. The molecule has 1 unspecified atom stereocenters. The van der Waals surface area contributed by atoms with Gasteiger partial charge in [-0.1, -0.05) is 30.3 Å². The van der Waals surface area contributed by atoms with Crippen molar-refractivity contribution in [3.63, 3.8) is 0 Å². The minimum absolute atomic E-state index is 0.145. The molecule has 0 aromatic heterocycles. The summed E-state index contributed by atoms with van der Waals surface area (Å²) in [5.74, 6) is 0.301. The lowest BCUT2D eigenvalue weighted by atomic mass is 10.1. The summed E-state index contributed by atoms with van der Waals surface area (Å²) in [6.07, 6.45) is 3.26. The zero-order valence-corrected chi connectivity index (χ0v) is 20.0. The number of anilines is 1. The van der Waals surface area contributed by atoms with E-state index in [-0.39, 0.29) is 10.8 Å². The number of morpholine rings is 1. The standard InChI is InChI=1S/C23H31N3O4S2/c1-31-18-12-22(25-32(28,29)21-5-3-2-4-6-21)23(27)24-20-9-7-19(8-10-20)11-13-26-14-16-30-17-15-26/h2-10,22,25H,11-18H2,1H3,(H,24,27). The van der Waals surface area contributed by atoms with Crippen LogP contribution in [-0.2, 0) is 26.0 Å². The third-order valence-corrected chi connectivity index (χ3v) is 7.45. The highest BCUT2D eigenvalue weighted by molar-refractivity contribution is 7.98. The Bertz CT molecular complexity index is 947. The van der Waals surface area contributed by atoms with E-state index in [4.69, 9.17) is 4.74 Å². The average Bonchev–Trinajstić information content (AvgIpc) is 2.82. The number of nitrogens with one attached hydrogen (secondary N) is 2. The van der Waals surface area contributed by atoms with Crippen molar-refractivity contribution < 1.29 is 17.9 Å². The quantitative estimate of drug-likeness (QED) is 0.517. The average molecular weight is 478 g/mol.